The summed E-state index contributed by atoms with van der Waals surface area (Å²) in [6.07, 6.45) is 0. The van der Waals surface area contributed by atoms with Crippen LogP contribution in [0.25, 0.3) is 0 Å². The van der Waals surface area contributed by atoms with Crippen molar-refractivity contribution in [3.63, 3.8) is 0 Å². The number of morpholine rings is 1. The number of benzene rings is 2. The molecule has 1 N–H and O–H groups in total. The van der Waals surface area contributed by atoms with Gasteiger partial charge in [0.2, 0.25) is 0 Å². The van der Waals surface area contributed by atoms with Gasteiger partial charge in [-0.2, -0.15) is 0 Å². The Kier molecular flexibility index (Phi) is 5.47. The lowest BCUT2D eigenvalue weighted by Crippen LogP contribution is -2.53. The van der Waals surface area contributed by atoms with Crippen LogP contribution in [0.2, 0.25) is 0 Å². The van der Waals surface area contributed by atoms with Gasteiger partial charge in [-0.25, -0.2) is 0 Å². The molecule has 1 heterocycles. The first-order chi connectivity index (χ1) is 12.4. The fourth-order valence-corrected chi connectivity index (χ4v) is 3.04. The van der Waals surface area contributed by atoms with E-state index < -0.39 is 0 Å². The molecule has 0 saturated carbocycles. The molecule has 3 rings (SSSR count). The Morgan fingerprint density at radius 3 is 2.50 bits per heavy atom. The van der Waals surface area contributed by atoms with Crippen molar-refractivity contribution in [1.29, 1.82) is 0 Å². The van der Waals surface area contributed by atoms with Crippen molar-refractivity contribution < 1.29 is 14.3 Å². The fourth-order valence-electron chi connectivity index (χ4n) is 3.04. The molecular formula is C21H26N2O3. The number of carbonyl (C=O) groups is 1. The van der Waals surface area contributed by atoms with Crippen molar-refractivity contribution in [2.75, 3.05) is 36.6 Å². The number of anilines is 2. The molecule has 138 valence electrons. The van der Waals surface area contributed by atoms with Gasteiger partial charge >= 0.3 is 0 Å². The highest BCUT2D eigenvalue weighted by molar-refractivity contribution is 5.92. The van der Waals surface area contributed by atoms with Crippen molar-refractivity contribution in [3.05, 3.63) is 54.1 Å². The van der Waals surface area contributed by atoms with E-state index in [-0.39, 0.29) is 18.1 Å². The Labute approximate surface area is 154 Å². The van der Waals surface area contributed by atoms with Gasteiger partial charge in [-0.3, -0.25) is 4.79 Å². The van der Waals surface area contributed by atoms with Gasteiger partial charge in [0.15, 0.2) is 6.61 Å². The Morgan fingerprint density at radius 1 is 1.15 bits per heavy atom. The molecule has 5 heteroatoms. The summed E-state index contributed by atoms with van der Waals surface area (Å²) in [5.74, 6) is 0.515. The van der Waals surface area contributed by atoms with Crippen LogP contribution >= 0.6 is 0 Å². The topological polar surface area (TPSA) is 50.8 Å². The van der Waals surface area contributed by atoms with E-state index in [4.69, 9.17) is 9.47 Å². The van der Waals surface area contributed by atoms with Crippen LogP contribution in [0.5, 0.6) is 5.75 Å². The quantitative estimate of drug-likeness (QED) is 0.891. The largest absolute Gasteiger partial charge is 0.484 e. The highest BCUT2D eigenvalue weighted by atomic mass is 16.5. The predicted molar refractivity (Wildman–Crippen MR) is 104 cm³/mol. The monoisotopic (exact) mass is 354 g/mol. The summed E-state index contributed by atoms with van der Waals surface area (Å²) in [5.41, 5.74) is 3.01. The van der Waals surface area contributed by atoms with E-state index in [1.807, 2.05) is 55.5 Å². The zero-order valence-electron chi connectivity index (χ0n) is 15.6. The van der Waals surface area contributed by atoms with Crippen LogP contribution in [0, 0.1) is 6.92 Å². The summed E-state index contributed by atoms with van der Waals surface area (Å²) in [6.45, 7) is 8.65. The molecule has 0 aromatic heterocycles. The lowest BCUT2D eigenvalue weighted by molar-refractivity contribution is -0.118. The fraction of sp³-hybridized carbons (Fsp3) is 0.381. The summed E-state index contributed by atoms with van der Waals surface area (Å²) in [4.78, 5) is 14.4. The number of nitrogens with one attached hydrogen (secondary N) is 1. The number of ether oxygens (including phenoxy) is 2. The summed E-state index contributed by atoms with van der Waals surface area (Å²) >= 11 is 0. The average Bonchev–Trinajstić information content (AvgIpc) is 2.62. The summed E-state index contributed by atoms with van der Waals surface area (Å²) in [7, 11) is 0. The third-order valence-electron chi connectivity index (χ3n) is 4.50. The van der Waals surface area contributed by atoms with Crippen LogP contribution in [0.1, 0.15) is 19.4 Å². The van der Waals surface area contributed by atoms with E-state index >= 15 is 0 Å². The number of rotatable bonds is 5. The van der Waals surface area contributed by atoms with Crippen LogP contribution < -0.4 is 15.0 Å². The highest BCUT2D eigenvalue weighted by Crippen LogP contribution is 2.27. The molecule has 1 fully saturated rings. The maximum Gasteiger partial charge on any atom is 0.262 e. The normalized spacial score (nSPS) is 16.2. The van der Waals surface area contributed by atoms with E-state index in [1.165, 1.54) is 0 Å². The molecule has 2 aromatic carbocycles. The number of nitrogens with zero attached hydrogens (tertiary/aromatic N) is 1. The van der Waals surface area contributed by atoms with E-state index in [2.05, 4.69) is 24.1 Å². The van der Waals surface area contributed by atoms with Crippen LogP contribution in [0.15, 0.2) is 48.5 Å². The Hall–Kier alpha value is -2.53. The number of amides is 1. The zero-order chi connectivity index (χ0) is 18.6. The molecule has 1 aliphatic rings. The van der Waals surface area contributed by atoms with Crippen LogP contribution in [-0.2, 0) is 9.53 Å². The molecule has 0 radical (unpaired) electrons. The molecule has 5 nitrogen and oxygen atoms in total. The number of aryl methyl sites for hydroxylation is 1. The molecule has 0 atom stereocenters. The SMILES string of the molecule is Cc1ccc(OCC(=O)Nc2ccc(N3CCOCC3(C)C)cc2)cc1. The zero-order valence-corrected chi connectivity index (χ0v) is 15.6. The van der Waals surface area contributed by atoms with Crippen LogP contribution in [0.3, 0.4) is 0 Å². The van der Waals surface area contributed by atoms with Gasteiger partial charge in [0, 0.05) is 17.9 Å². The molecule has 26 heavy (non-hydrogen) atoms. The van der Waals surface area contributed by atoms with Crippen molar-refractivity contribution in [3.8, 4) is 5.75 Å². The third-order valence-corrected chi connectivity index (χ3v) is 4.50. The number of hydrogen-bond acceptors (Lipinski definition) is 4. The molecule has 1 aliphatic heterocycles. The molecule has 0 spiro atoms. The minimum atomic E-state index is -0.176. The standard InChI is InChI=1S/C21H26N2O3/c1-16-4-10-19(11-5-16)26-14-20(24)22-17-6-8-18(9-7-17)23-12-13-25-15-21(23,2)3/h4-11H,12-15H2,1-3H3,(H,22,24). The first-order valence-corrected chi connectivity index (χ1v) is 8.89. The van der Waals surface area contributed by atoms with Gasteiger partial charge in [-0.05, 0) is 57.2 Å². The lowest BCUT2D eigenvalue weighted by atomic mass is 10.0. The minimum absolute atomic E-state index is 0.0126. The Bertz CT molecular complexity index is 739. The van der Waals surface area contributed by atoms with Crippen LogP contribution in [0.4, 0.5) is 11.4 Å². The van der Waals surface area contributed by atoms with Crippen molar-refractivity contribution in [2.45, 2.75) is 26.3 Å². The van der Waals surface area contributed by atoms with Gasteiger partial charge < -0.3 is 19.7 Å². The van der Waals surface area contributed by atoms with E-state index in [1.54, 1.807) is 0 Å². The van der Waals surface area contributed by atoms with Crippen molar-refractivity contribution >= 4 is 17.3 Å². The lowest BCUT2D eigenvalue weighted by Gasteiger charge is -2.43. The maximum atomic E-state index is 12.1. The van der Waals surface area contributed by atoms with E-state index in [9.17, 15) is 4.79 Å². The smallest absolute Gasteiger partial charge is 0.262 e. The van der Waals surface area contributed by atoms with E-state index in [0.29, 0.717) is 12.4 Å². The number of carbonyl (C=O) groups excluding carboxylic acids is 1. The Morgan fingerprint density at radius 2 is 1.85 bits per heavy atom. The summed E-state index contributed by atoms with van der Waals surface area (Å²) in [6, 6.07) is 15.5. The van der Waals surface area contributed by atoms with Crippen LogP contribution in [-0.4, -0.2) is 37.8 Å². The predicted octanol–water partition coefficient (Wildman–Crippen LogP) is 3.63. The molecule has 1 amide bonds. The molecule has 0 unspecified atom stereocenters. The molecule has 2 aromatic rings. The maximum absolute atomic E-state index is 12.1. The summed E-state index contributed by atoms with van der Waals surface area (Å²) in [5, 5.41) is 2.87. The second-order valence-electron chi connectivity index (χ2n) is 7.21. The van der Waals surface area contributed by atoms with Gasteiger partial charge in [-0.1, -0.05) is 17.7 Å². The highest BCUT2D eigenvalue weighted by Gasteiger charge is 2.30. The van der Waals surface area contributed by atoms with E-state index in [0.717, 1.165) is 30.1 Å². The molecule has 0 bridgehead atoms. The minimum Gasteiger partial charge on any atom is -0.484 e. The van der Waals surface area contributed by atoms with Crippen molar-refractivity contribution in [1.82, 2.24) is 0 Å². The second kappa shape index (κ2) is 7.79. The molecular weight excluding hydrogens is 328 g/mol. The summed E-state index contributed by atoms with van der Waals surface area (Å²) < 4.78 is 11.1. The van der Waals surface area contributed by atoms with Gasteiger partial charge in [0.1, 0.15) is 5.75 Å². The Balaban J connectivity index is 1.55. The van der Waals surface area contributed by atoms with Gasteiger partial charge in [-0.15, -0.1) is 0 Å². The first kappa shape index (κ1) is 18.3. The second-order valence-corrected chi connectivity index (χ2v) is 7.21. The molecule has 1 saturated heterocycles. The average molecular weight is 354 g/mol. The third kappa shape index (κ3) is 4.55. The van der Waals surface area contributed by atoms with Gasteiger partial charge in [0.25, 0.3) is 5.91 Å². The molecule has 0 aliphatic carbocycles. The van der Waals surface area contributed by atoms with Gasteiger partial charge in [0.05, 0.1) is 18.8 Å². The first-order valence-electron chi connectivity index (χ1n) is 8.89. The number of hydrogen-bond donors (Lipinski definition) is 1. The van der Waals surface area contributed by atoms with Crippen molar-refractivity contribution in [2.24, 2.45) is 0 Å².